The van der Waals surface area contributed by atoms with E-state index in [1.807, 2.05) is 7.05 Å². The third kappa shape index (κ3) is 2.89. The molecule has 0 aromatic carbocycles. The van der Waals surface area contributed by atoms with Gasteiger partial charge in [-0.3, -0.25) is 9.59 Å². The highest BCUT2D eigenvalue weighted by molar-refractivity contribution is 7.11. The van der Waals surface area contributed by atoms with Crippen molar-refractivity contribution in [3.05, 3.63) is 15.6 Å². The van der Waals surface area contributed by atoms with Crippen molar-refractivity contribution in [1.29, 1.82) is 0 Å². The summed E-state index contributed by atoms with van der Waals surface area (Å²) in [5.41, 5.74) is 0.324. The molecule has 1 N–H and O–H groups in total. The first-order valence-corrected chi connectivity index (χ1v) is 9.26. The number of hydrogen-bond acceptors (Lipinski definition) is 4. The van der Waals surface area contributed by atoms with Crippen molar-refractivity contribution in [2.45, 2.75) is 64.3 Å². The number of fused-ring (bicyclic) bond motifs is 1. The lowest BCUT2D eigenvalue weighted by molar-refractivity contribution is -0.159. The van der Waals surface area contributed by atoms with E-state index in [-0.39, 0.29) is 18.4 Å². The summed E-state index contributed by atoms with van der Waals surface area (Å²) < 4.78 is 0. The van der Waals surface area contributed by atoms with E-state index < -0.39 is 11.4 Å². The summed E-state index contributed by atoms with van der Waals surface area (Å²) >= 11 is 1.71. The van der Waals surface area contributed by atoms with Crippen molar-refractivity contribution in [3.63, 3.8) is 0 Å². The molecule has 1 unspecified atom stereocenters. The summed E-state index contributed by atoms with van der Waals surface area (Å²) in [4.78, 5) is 31.9. The maximum absolute atomic E-state index is 12.7. The number of amides is 1. The van der Waals surface area contributed by atoms with Crippen LogP contribution in [0.15, 0.2) is 0 Å². The Kier molecular flexibility index (Phi) is 4.45. The number of aliphatic carboxylic acids is 1. The summed E-state index contributed by atoms with van der Waals surface area (Å²) in [6.45, 7) is 2.10. The molecule has 2 aliphatic rings. The normalized spacial score (nSPS) is 22.1. The first kappa shape index (κ1) is 16.4. The molecule has 2 aliphatic carbocycles. The van der Waals surface area contributed by atoms with Gasteiger partial charge in [0, 0.05) is 13.5 Å². The molecule has 0 radical (unpaired) electrons. The lowest BCUT2D eigenvalue weighted by Gasteiger charge is -2.39. The van der Waals surface area contributed by atoms with E-state index in [9.17, 15) is 14.7 Å². The SMILES string of the molecule is CCc1nc2c(s1)C(N(C)C(=O)CC1(C(=O)O)CCC1)CCC2. The Morgan fingerprint density at radius 3 is 2.70 bits per heavy atom. The second-order valence-corrected chi connectivity index (χ2v) is 7.92. The average molecular weight is 336 g/mol. The fourth-order valence-corrected chi connectivity index (χ4v) is 4.86. The van der Waals surface area contributed by atoms with E-state index >= 15 is 0 Å². The molecule has 0 spiro atoms. The van der Waals surface area contributed by atoms with Gasteiger partial charge < -0.3 is 10.0 Å². The van der Waals surface area contributed by atoms with E-state index in [0.29, 0.717) is 12.8 Å². The van der Waals surface area contributed by atoms with Crippen LogP contribution in [-0.4, -0.2) is 33.9 Å². The van der Waals surface area contributed by atoms with Crippen molar-refractivity contribution in [1.82, 2.24) is 9.88 Å². The van der Waals surface area contributed by atoms with Crippen LogP contribution in [0.3, 0.4) is 0 Å². The number of aryl methyl sites for hydroxylation is 2. The van der Waals surface area contributed by atoms with Crippen LogP contribution in [0.25, 0.3) is 0 Å². The quantitative estimate of drug-likeness (QED) is 0.896. The molecular formula is C17H24N2O3S. The molecular weight excluding hydrogens is 312 g/mol. The predicted molar refractivity (Wildman–Crippen MR) is 88.5 cm³/mol. The van der Waals surface area contributed by atoms with Gasteiger partial charge in [0.15, 0.2) is 0 Å². The van der Waals surface area contributed by atoms with E-state index in [0.717, 1.165) is 42.8 Å². The van der Waals surface area contributed by atoms with Gasteiger partial charge in [-0.25, -0.2) is 4.98 Å². The van der Waals surface area contributed by atoms with Crippen molar-refractivity contribution in [3.8, 4) is 0 Å². The van der Waals surface area contributed by atoms with Gasteiger partial charge in [-0.2, -0.15) is 0 Å². The summed E-state index contributed by atoms with van der Waals surface area (Å²) in [5.74, 6) is -0.864. The summed E-state index contributed by atoms with van der Waals surface area (Å²) in [6, 6.07) is 0.0648. The number of carbonyl (C=O) groups is 2. The molecule has 1 aromatic heterocycles. The van der Waals surface area contributed by atoms with E-state index in [2.05, 4.69) is 11.9 Å². The lowest BCUT2D eigenvalue weighted by Crippen LogP contribution is -2.44. The molecule has 1 saturated carbocycles. The fraction of sp³-hybridized carbons (Fsp3) is 0.706. The molecule has 0 saturated heterocycles. The fourth-order valence-electron chi connectivity index (χ4n) is 3.63. The molecule has 1 fully saturated rings. The Morgan fingerprint density at radius 2 is 2.13 bits per heavy atom. The first-order chi connectivity index (χ1) is 11.0. The summed E-state index contributed by atoms with van der Waals surface area (Å²) in [5, 5.41) is 10.6. The molecule has 126 valence electrons. The monoisotopic (exact) mass is 336 g/mol. The number of aromatic nitrogens is 1. The Hall–Kier alpha value is -1.43. The van der Waals surface area contributed by atoms with Crippen LogP contribution in [0.5, 0.6) is 0 Å². The highest BCUT2D eigenvalue weighted by Crippen LogP contribution is 2.45. The highest BCUT2D eigenvalue weighted by Gasteiger charge is 2.47. The Balaban J connectivity index is 1.76. The van der Waals surface area contributed by atoms with Crippen molar-refractivity contribution in [2.75, 3.05) is 7.05 Å². The zero-order valence-electron chi connectivity index (χ0n) is 13.8. The van der Waals surface area contributed by atoms with Crippen LogP contribution in [0, 0.1) is 5.41 Å². The minimum absolute atomic E-state index is 0.0450. The lowest BCUT2D eigenvalue weighted by atomic mass is 9.66. The Labute approximate surface area is 140 Å². The van der Waals surface area contributed by atoms with Crippen molar-refractivity contribution < 1.29 is 14.7 Å². The van der Waals surface area contributed by atoms with Crippen molar-refractivity contribution in [2.24, 2.45) is 5.41 Å². The van der Waals surface area contributed by atoms with Crippen LogP contribution < -0.4 is 0 Å². The molecule has 23 heavy (non-hydrogen) atoms. The molecule has 6 heteroatoms. The van der Waals surface area contributed by atoms with Crippen LogP contribution in [0.1, 0.15) is 67.1 Å². The molecule has 1 aromatic rings. The third-order valence-electron chi connectivity index (χ3n) is 5.38. The number of carbonyl (C=O) groups excluding carboxylic acids is 1. The second-order valence-electron chi connectivity index (χ2n) is 6.80. The Bertz CT molecular complexity index is 621. The highest BCUT2D eigenvalue weighted by atomic mass is 32.1. The molecule has 5 nitrogen and oxygen atoms in total. The van der Waals surface area contributed by atoms with Gasteiger partial charge in [0.05, 0.1) is 27.0 Å². The van der Waals surface area contributed by atoms with Gasteiger partial charge in [-0.1, -0.05) is 13.3 Å². The number of carboxylic acids is 1. The topological polar surface area (TPSA) is 70.5 Å². The molecule has 0 bridgehead atoms. The molecule has 1 heterocycles. The van der Waals surface area contributed by atoms with E-state index in [4.69, 9.17) is 0 Å². The minimum Gasteiger partial charge on any atom is -0.481 e. The second kappa shape index (κ2) is 6.23. The molecule has 1 atom stereocenters. The van der Waals surface area contributed by atoms with E-state index in [1.165, 1.54) is 4.88 Å². The zero-order chi connectivity index (χ0) is 16.6. The first-order valence-electron chi connectivity index (χ1n) is 8.44. The van der Waals surface area contributed by atoms with Gasteiger partial charge in [-0.05, 0) is 38.5 Å². The van der Waals surface area contributed by atoms with Crippen LogP contribution in [-0.2, 0) is 22.4 Å². The molecule has 3 rings (SSSR count). The van der Waals surface area contributed by atoms with Crippen LogP contribution in [0.4, 0.5) is 0 Å². The smallest absolute Gasteiger partial charge is 0.310 e. The van der Waals surface area contributed by atoms with E-state index in [1.54, 1.807) is 16.2 Å². The third-order valence-corrected chi connectivity index (χ3v) is 6.73. The minimum atomic E-state index is -0.819. The van der Waals surface area contributed by atoms with Gasteiger partial charge in [0.25, 0.3) is 0 Å². The number of nitrogens with zero attached hydrogens (tertiary/aromatic N) is 2. The van der Waals surface area contributed by atoms with Crippen molar-refractivity contribution >= 4 is 23.2 Å². The van der Waals surface area contributed by atoms with Crippen LogP contribution in [0.2, 0.25) is 0 Å². The zero-order valence-corrected chi connectivity index (χ0v) is 14.6. The molecule has 0 aliphatic heterocycles. The number of hydrogen-bond donors (Lipinski definition) is 1. The summed E-state index contributed by atoms with van der Waals surface area (Å²) in [7, 11) is 1.82. The number of carboxylic acid groups (broad SMARTS) is 1. The largest absolute Gasteiger partial charge is 0.481 e. The number of thiazole rings is 1. The maximum atomic E-state index is 12.7. The Morgan fingerprint density at radius 1 is 1.39 bits per heavy atom. The standard InChI is InChI=1S/C17H24N2O3S/c1-3-13-18-11-6-4-7-12(15(11)23-13)19(2)14(20)10-17(16(21)22)8-5-9-17/h12H,3-10H2,1-2H3,(H,21,22). The van der Waals surface area contributed by atoms with Crippen LogP contribution >= 0.6 is 11.3 Å². The molecule has 1 amide bonds. The number of rotatable bonds is 5. The predicted octanol–water partition coefficient (Wildman–Crippen LogP) is 3.19. The van der Waals surface area contributed by atoms with Gasteiger partial charge in [0.2, 0.25) is 5.91 Å². The average Bonchev–Trinajstić information content (AvgIpc) is 2.92. The van der Waals surface area contributed by atoms with Gasteiger partial charge >= 0.3 is 5.97 Å². The summed E-state index contributed by atoms with van der Waals surface area (Å²) in [6.07, 6.45) is 6.17. The maximum Gasteiger partial charge on any atom is 0.310 e. The van der Waals surface area contributed by atoms with Gasteiger partial charge in [0.1, 0.15) is 0 Å². The van der Waals surface area contributed by atoms with Gasteiger partial charge in [-0.15, -0.1) is 11.3 Å².